The van der Waals surface area contributed by atoms with Crippen LogP contribution in [0.25, 0.3) is 0 Å². The van der Waals surface area contributed by atoms with Gasteiger partial charge in [0.25, 0.3) is 0 Å². The van der Waals surface area contributed by atoms with Gasteiger partial charge in [-0.1, -0.05) is 6.07 Å². The van der Waals surface area contributed by atoms with Gasteiger partial charge in [-0.2, -0.15) is 0 Å². The van der Waals surface area contributed by atoms with Crippen molar-refractivity contribution in [1.82, 2.24) is 10.3 Å². The molecule has 0 radical (unpaired) electrons. The van der Waals surface area contributed by atoms with Crippen molar-refractivity contribution in [2.45, 2.75) is 26.8 Å². The van der Waals surface area contributed by atoms with E-state index in [1.165, 1.54) is 5.56 Å². The second-order valence-corrected chi connectivity index (χ2v) is 4.32. The van der Waals surface area contributed by atoms with Crippen molar-refractivity contribution in [3.05, 3.63) is 52.7 Å². The first-order chi connectivity index (χ1) is 8.11. The Hall–Kier alpha value is -1.61. The van der Waals surface area contributed by atoms with Crippen molar-refractivity contribution >= 4 is 0 Å². The van der Waals surface area contributed by atoms with Gasteiger partial charge in [-0.25, -0.2) is 0 Å². The summed E-state index contributed by atoms with van der Waals surface area (Å²) >= 11 is 0. The van der Waals surface area contributed by atoms with E-state index in [2.05, 4.69) is 22.4 Å². The molecule has 0 aliphatic rings. The number of furan rings is 1. The summed E-state index contributed by atoms with van der Waals surface area (Å²) in [6, 6.07) is 6.35. The molecule has 90 valence electrons. The fraction of sp³-hybridized carbons (Fsp3) is 0.357. The highest BCUT2D eigenvalue weighted by molar-refractivity contribution is 5.33. The van der Waals surface area contributed by atoms with E-state index in [4.69, 9.17) is 4.42 Å². The van der Waals surface area contributed by atoms with Crippen molar-refractivity contribution in [3.8, 4) is 0 Å². The van der Waals surface area contributed by atoms with Gasteiger partial charge >= 0.3 is 0 Å². The van der Waals surface area contributed by atoms with Crippen molar-refractivity contribution in [2.24, 2.45) is 0 Å². The molecule has 1 N–H and O–H groups in total. The maximum absolute atomic E-state index is 5.58. The summed E-state index contributed by atoms with van der Waals surface area (Å²) in [5.41, 5.74) is 3.36. The highest BCUT2D eigenvalue weighted by atomic mass is 16.3. The molecule has 3 heteroatoms. The highest BCUT2D eigenvalue weighted by Crippen LogP contribution is 2.26. The van der Waals surface area contributed by atoms with Crippen molar-refractivity contribution in [2.75, 3.05) is 7.05 Å². The van der Waals surface area contributed by atoms with Gasteiger partial charge in [0, 0.05) is 17.5 Å². The molecule has 2 heterocycles. The van der Waals surface area contributed by atoms with Crippen LogP contribution in [0.15, 0.2) is 28.8 Å². The van der Waals surface area contributed by atoms with Gasteiger partial charge in [0.05, 0.1) is 6.04 Å². The van der Waals surface area contributed by atoms with Crippen molar-refractivity contribution in [1.29, 1.82) is 0 Å². The fourth-order valence-electron chi connectivity index (χ4n) is 2.09. The van der Waals surface area contributed by atoms with Crippen LogP contribution in [0.4, 0.5) is 0 Å². The molecule has 0 aliphatic carbocycles. The molecule has 3 nitrogen and oxygen atoms in total. The van der Waals surface area contributed by atoms with E-state index >= 15 is 0 Å². The number of aryl methyl sites for hydroxylation is 3. The van der Waals surface area contributed by atoms with Crippen LogP contribution in [-0.2, 0) is 0 Å². The Labute approximate surface area is 102 Å². The number of nitrogens with zero attached hydrogens (tertiary/aromatic N) is 1. The summed E-state index contributed by atoms with van der Waals surface area (Å²) in [4.78, 5) is 4.34. The van der Waals surface area contributed by atoms with Crippen LogP contribution in [-0.4, -0.2) is 12.0 Å². The van der Waals surface area contributed by atoms with Crippen LogP contribution >= 0.6 is 0 Å². The minimum Gasteiger partial charge on any atom is -0.466 e. The van der Waals surface area contributed by atoms with Gasteiger partial charge in [0.15, 0.2) is 0 Å². The van der Waals surface area contributed by atoms with Crippen molar-refractivity contribution in [3.63, 3.8) is 0 Å². The summed E-state index contributed by atoms with van der Waals surface area (Å²) < 4.78 is 5.58. The Balaban J connectivity index is 2.39. The third kappa shape index (κ3) is 2.39. The van der Waals surface area contributed by atoms with Crippen LogP contribution < -0.4 is 5.32 Å². The monoisotopic (exact) mass is 230 g/mol. The summed E-state index contributed by atoms with van der Waals surface area (Å²) in [5.74, 6) is 1.90. The molecule has 1 unspecified atom stereocenters. The molecule has 0 spiro atoms. The van der Waals surface area contributed by atoms with E-state index in [-0.39, 0.29) is 6.04 Å². The lowest BCUT2D eigenvalue weighted by Gasteiger charge is -2.15. The minimum absolute atomic E-state index is 0.139. The topological polar surface area (TPSA) is 38.1 Å². The summed E-state index contributed by atoms with van der Waals surface area (Å²) in [6.07, 6.45) is 1.91. The molecule has 0 aromatic carbocycles. The van der Waals surface area contributed by atoms with Gasteiger partial charge < -0.3 is 9.73 Å². The Morgan fingerprint density at radius 3 is 2.47 bits per heavy atom. The second-order valence-electron chi connectivity index (χ2n) is 4.32. The smallest absolute Gasteiger partial charge is 0.106 e. The molecule has 0 saturated carbocycles. The highest BCUT2D eigenvalue weighted by Gasteiger charge is 2.17. The largest absolute Gasteiger partial charge is 0.466 e. The minimum atomic E-state index is 0.139. The predicted octanol–water partition coefficient (Wildman–Crippen LogP) is 2.91. The average molecular weight is 230 g/mol. The number of rotatable bonds is 3. The number of nitrogens with one attached hydrogen (secondary N) is 1. The fourth-order valence-corrected chi connectivity index (χ4v) is 2.09. The molecule has 0 aliphatic heterocycles. The van der Waals surface area contributed by atoms with Gasteiger partial charge in [0.2, 0.25) is 0 Å². The van der Waals surface area contributed by atoms with Crippen LogP contribution in [0.2, 0.25) is 0 Å². The quantitative estimate of drug-likeness (QED) is 0.881. The van der Waals surface area contributed by atoms with Crippen LogP contribution in [0.1, 0.15) is 34.4 Å². The molecule has 0 amide bonds. The van der Waals surface area contributed by atoms with E-state index < -0.39 is 0 Å². The average Bonchev–Trinajstić information content (AvgIpc) is 2.62. The molecule has 0 saturated heterocycles. The molecule has 0 bridgehead atoms. The van der Waals surface area contributed by atoms with Crippen LogP contribution in [0, 0.1) is 20.8 Å². The first kappa shape index (κ1) is 11.9. The van der Waals surface area contributed by atoms with Gasteiger partial charge in [-0.05, 0) is 45.5 Å². The molecule has 2 aromatic rings. The third-order valence-electron chi connectivity index (χ3n) is 2.95. The number of aromatic nitrogens is 1. The number of pyridine rings is 1. The standard InChI is InChI=1S/C14H18N2O/c1-9-5-6-12(8-16-9)14(15-4)13-7-10(2)17-11(13)3/h5-8,14-15H,1-4H3. The molecule has 0 fully saturated rings. The zero-order valence-corrected chi connectivity index (χ0v) is 10.7. The second kappa shape index (κ2) is 4.72. The number of hydrogen-bond acceptors (Lipinski definition) is 3. The lowest BCUT2D eigenvalue weighted by Crippen LogP contribution is -2.18. The predicted molar refractivity (Wildman–Crippen MR) is 68.1 cm³/mol. The summed E-state index contributed by atoms with van der Waals surface area (Å²) in [5, 5.41) is 3.31. The van der Waals surface area contributed by atoms with Crippen molar-refractivity contribution < 1.29 is 4.42 Å². The van der Waals surface area contributed by atoms with E-state index in [0.29, 0.717) is 0 Å². The zero-order valence-electron chi connectivity index (χ0n) is 10.7. The summed E-state index contributed by atoms with van der Waals surface area (Å²) in [6.45, 7) is 5.95. The lowest BCUT2D eigenvalue weighted by molar-refractivity contribution is 0.497. The Morgan fingerprint density at radius 1 is 1.24 bits per heavy atom. The Morgan fingerprint density at radius 2 is 2.00 bits per heavy atom. The van der Waals surface area contributed by atoms with E-state index in [0.717, 1.165) is 22.8 Å². The SMILES string of the molecule is CNC(c1ccc(C)nc1)c1cc(C)oc1C. The first-order valence-electron chi connectivity index (χ1n) is 5.78. The summed E-state index contributed by atoms with van der Waals surface area (Å²) in [7, 11) is 1.95. The Kier molecular flexibility index (Phi) is 3.29. The van der Waals surface area contributed by atoms with Gasteiger partial charge in [0.1, 0.15) is 11.5 Å². The maximum atomic E-state index is 5.58. The normalized spacial score (nSPS) is 12.7. The van der Waals surface area contributed by atoms with Crippen LogP contribution in [0.3, 0.4) is 0 Å². The van der Waals surface area contributed by atoms with E-state index in [1.807, 2.05) is 40.1 Å². The number of hydrogen-bond donors (Lipinski definition) is 1. The molecule has 17 heavy (non-hydrogen) atoms. The van der Waals surface area contributed by atoms with E-state index in [1.54, 1.807) is 0 Å². The van der Waals surface area contributed by atoms with Gasteiger partial charge in [-0.15, -0.1) is 0 Å². The van der Waals surface area contributed by atoms with E-state index in [9.17, 15) is 0 Å². The van der Waals surface area contributed by atoms with Gasteiger partial charge in [-0.3, -0.25) is 4.98 Å². The molecule has 2 rings (SSSR count). The first-order valence-corrected chi connectivity index (χ1v) is 5.78. The third-order valence-corrected chi connectivity index (χ3v) is 2.95. The molecular formula is C14H18N2O. The maximum Gasteiger partial charge on any atom is 0.106 e. The molecular weight excluding hydrogens is 212 g/mol. The Bertz CT molecular complexity index is 499. The lowest BCUT2D eigenvalue weighted by atomic mass is 10.0. The zero-order chi connectivity index (χ0) is 12.4. The van der Waals surface area contributed by atoms with Crippen LogP contribution in [0.5, 0.6) is 0 Å². The molecule has 1 atom stereocenters. The molecule has 2 aromatic heterocycles.